The molecule has 1 rings (SSSR count). The van der Waals surface area contributed by atoms with E-state index in [0.29, 0.717) is 6.61 Å². The summed E-state index contributed by atoms with van der Waals surface area (Å²) < 4.78 is 8.73. The van der Waals surface area contributed by atoms with Crippen molar-refractivity contribution < 1.29 is 47.0 Å². The fourth-order valence-corrected chi connectivity index (χ4v) is 0.365. The number of rotatable bonds is 0. The van der Waals surface area contributed by atoms with Crippen molar-refractivity contribution in [2.45, 2.75) is 6.10 Å². The van der Waals surface area contributed by atoms with Crippen LogP contribution in [0.25, 0.3) is 0 Å². The van der Waals surface area contributed by atoms with Gasteiger partial charge in [0, 0.05) is 38.8 Å². The zero-order valence-electron chi connectivity index (χ0n) is 4.29. The van der Waals surface area contributed by atoms with Crippen molar-refractivity contribution in [2.24, 2.45) is 0 Å². The molecule has 0 aromatic heterocycles. The van der Waals surface area contributed by atoms with Gasteiger partial charge in [0.05, 0.1) is 0 Å². The smallest absolute Gasteiger partial charge is 0.461 e. The Labute approximate surface area is 72.6 Å². The normalized spacial score (nSPS) is 25.6. The van der Waals surface area contributed by atoms with Gasteiger partial charge in [0.15, 0.2) is 0 Å². The third-order valence-electron chi connectivity index (χ3n) is 0.650. The molecule has 1 saturated heterocycles. The van der Waals surface area contributed by atoms with Gasteiger partial charge in [0.25, 0.3) is 0 Å². The Morgan fingerprint density at radius 3 is 2.50 bits per heavy atom. The Balaban J connectivity index is 0.000000490. The van der Waals surface area contributed by atoms with E-state index in [0.717, 1.165) is 0 Å². The van der Waals surface area contributed by atoms with Gasteiger partial charge in [-0.25, -0.2) is 4.79 Å². The fourth-order valence-electron chi connectivity index (χ4n) is 0.365. The molecule has 0 saturated carbocycles. The minimum absolute atomic E-state index is 0. The van der Waals surface area contributed by atoms with Gasteiger partial charge in [-0.1, -0.05) is 0 Å². The number of cyclic esters (lactones) is 2. The topological polar surface area (TPSA) is 35.5 Å². The van der Waals surface area contributed by atoms with Crippen molar-refractivity contribution in [3.8, 4) is 0 Å². The Morgan fingerprint density at radius 1 is 1.75 bits per heavy atom. The van der Waals surface area contributed by atoms with Crippen molar-refractivity contribution in [1.29, 1.82) is 0 Å². The van der Waals surface area contributed by atoms with E-state index in [4.69, 9.17) is 0 Å². The fraction of sp³-hybridized carbons (Fsp3) is 0.500. The van der Waals surface area contributed by atoms with Crippen molar-refractivity contribution in [3.63, 3.8) is 0 Å². The molecule has 3 nitrogen and oxygen atoms in total. The summed E-state index contributed by atoms with van der Waals surface area (Å²) in [7, 11) is 0. The van der Waals surface area contributed by atoms with E-state index >= 15 is 0 Å². The van der Waals surface area contributed by atoms with E-state index in [1.807, 2.05) is 0 Å². The van der Waals surface area contributed by atoms with Gasteiger partial charge < -0.3 is 9.47 Å². The molecule has 0 amide bonds. The maximum Gasteiger partial charge on any atom is 0.506 e. The van der Waals surface area contributed by atoms with Crippen molar-refractivity contribution in [3.05, 3.63) is 6.92 Å². The number of hydrogen-bond donors (Lipinski definition) is 0. The summed E-state index contributed by atoms with van der Waals surface area (Å²) in [5.41, 5.74) is 0. The van der Waals surface area contributed by atoms with Crippen molar-refractivity contribution >= 4 is 6.16 Å². The summed E-state index contributed by atoms with van der Waals surface area (Å²) in [5.74, 6) is 0. The first-order chi connectivity index (χ1) is 3.29. The van der Waals surface area contributed by atoms with E-state index in [-0.39, 0.29) is 38.8 Å². The first-order valence-corrected chi connectivity index (χ1v) is 1.95. The third kappa shape index (κ3) is 2.09. The van der Waals surface area contributed by atoms with E-state index in [9.17, 15) is 4.79 Å². The average Bonchev–Trinajstić information content (AvgIpc) is 1.87. The summed E-state index contributed by atoms with van der Waals surface area (Å²) >= 11 is 0. The van der Waals surface area contributed by atoms with E-state index in [2.05, 4.69) is 16.4 Å². The van der Waals surface area contributed by atoms with Gasteiger partial charge >= 0.3 is 6.16 Å². The molecule has 0 bridgehead atoms. The zero-order valence-corrected chi connectivity index (χ0v) is 7.13. The maximum absolute atomic E-state index is 9.97. The Kier molecular flexibility index (Phi) is 3.57. The summed E-state index contributed by atoms with van der Waals surface area (Å²) in [6, 6.07) is 0. The number of carbonyl (C=O) groups excluding carboxylic acids is 1. The summed E-state index contributed by atoms with van der Waals surface area (Å²) in [5, 5.41) is 0. The van der Waals surface area contributed by atoms with Gasteiger partial charge in [-0.05, 0) is 0 Å². The van der Waals surface area contributed by atoms with Crippen LogP contribution in [0.4, 0.5) is 4.79 Å². The molecule has 0 aromatic rings. The van der Waals surface area contributed by atoms with Crippen LogP contribution >= 0.6 is 0 Å². The first-order valence-electron chi connectivity index (χ1n) is 1.95. The molecule has 4 heteroatoms. The molecular weight excluding hydrogens is 185 g/mol. The molecule has 43 valence electrons. The molecule has 0 aliphatic carbocycles. The number of carbonyl (C=O) groups is 1. The summed E-state index contributed by atoms with van der Waals surface area (Å²) in [6.07, 6.45) is -0.910. The monoisotopic (exact) mass is 190 g/mol. The molecule has 8 heavy (non-hydrogen) atoms. The van der Waals surface area contributed by atoms with Crippen LogP contribution in [0.2, 0.25) is 0 Å². The van der Waals surface area contributed by atoms with E-state index in [1.165, 1.54) is 0 Å². The maximum atomic E-state index is 9.97. The van der Waals surface area contributed by atoms with Crippen LogP contribution in [0, 0.1) is 6.92 Å². The van der Waals surface area contributed by atoms with Gasteiger partial charge in [0.2, 0.25) is 0 Å². The Morgan fingerprint density at radius 2 is 2.38 bits per heavy atom. The van der Waals surface area contributed by atoms with Gasteiger partial charge in [-0.3, -0.25) is 6.92 Å². The molecule has 1 unspecified atom stereocenters. The summed E-state index contributed by atoms with van der Waals surface area (Å²) in [4.78, 5) is 9.97. The second kappa shape index (κ2) is 3.41. The van der Waals surface area contributed by atoms with E-state index < -0.39 is 6.16 Å². The van der Waals surface area contributed by atoms with E-state index in [1.54, 1.807) is 0 Å². The standard InChI is InChI=1S/C4H5O3.Y/c1-3-2-6-4(5)7-3;/h3H,1-2H2;/q-1;. The number of hydrogen-bond acceptors (Lipinski definition) is 3. The predicted octanol–water partition coefficient (Wildman–Crippen LogP) is 0.353. The van der Waals surface area contributed by atoms with Crippen molar-refractivity contribution in [2.75, 3.05) is 6.61 Å². The Hall–Kier alpha value is 0.374. The second-order valence-corrected chi connectivity index (χ2v) is 1.30. The second-order valence-electron chi connectivity index (χ2n) is 1.30. The molecule has 0 spiro atoms. The van der Waals surface area contributed by atoms with Crippen LogP contribution in [-0.2, 0) is 42.2 Å². The Bertz CT molecular complexity index is 93.3. The van der Waals surface area contributed by atoms with Crippen LogP contribution in [0.1, 0.15) is 0 Å². The number of ether oxygens (including phenoxy) is 2. The molecule has 0 aromatic carbocycles. The molecule has 1 aliphatic rings. The SMILES string of the molecule is [CH2-]C1COC(=O)O1.[Y]. The van der Waals surface area contributed by atoms with Crippen LogP contribution in [-0.4, -0.2) is 18.9 Å². The molecule has 0 N–H and O–H groups in total. The molecule has 1 heterocycles. The zero-order chi connectivity index (χ0) is 5.28. The van der Waals surface area contributed by atoms with Gasteiger partial charge in [-0.15, -0.1) is 0 Å². The van der Waals surface area contributed by atoms with Gasteiger partial charge in [0.1, 0.15) is 6.61 Å². The molecule has 1 radical (unpaired) electrons. The summed E-state index contributed by atoms with van der Waals surface area (Å²) in [6.45, 7) is 3.71. The predicted molar refractivity (Wildman–Crippen MR) is 21.6 cm³/mol. The minimum Gasteiger partial charge on any atom is -0.461 e. The molecule has 1 fully saturated rings. The third-order valence-corrected chi connectivity index (χ3v) is 0.650. The van der Waals surface area contributed by atoms with Crippen LogP contribution in [0.5, 0.6) is 0 Å². The molecule has 1 atom stereocenters. The minimum atomic E-state index is -0.611. The molecular formula is C4H5O3Y-. The van der Waals surface area contributed by atoms with Crippen molar-refractivity contribution in [1.82, 2.24) is 0 Å². The average molecular weight is 190 g/mol. The van der Waals surface area contributed by atoms with Gasteiger partial charge in [-0.2, -0.15) is 0 Å². The van der Waals surface area contributed by atoms with Crippen LogP contribution < -0.4 is 0 Å². The first kappa shape index (κ1) is 8.37. The van der Waals surface area contributed by atoms with Crippen LogP contribution in [0.3, 0.4) is 0 Å². The quantitative estimate of drug-likeness (QED) is 0.408. The molecule has 1 aliphatic heterocycles. The largest absolute Gasteiger partial charge is 0.506 e. The van der Waals surface area contributed by atoms with Crippen LogP contribution in [0.15, 0.2) is 0 Å².